The number of nitrogens with one attached hydrogen (secondary N) is 2. The van der Waals surface area contributed by atoms with Crippen LogP contribution in [0.15, 0.2) is 23.1 Å². The maximum absolute atomic E-state index is 13.2. The molecule has 0 bridgehead atoms. The van der Waals surface area contributed by atoms with Crippen LogP contribution in [0.2, 0.25) is 0 Å². The van der Waals surface area contributed by atoms with Gasteiger partial charge in [0.1, 0.15) is 19.4 Å². The quantitative estimate of drug-likeness (QED) is 0.600. The molecule has 2 aliphatic rings. The van der Waals surface area contributed by atoms with Crippen LogP contribution < -0.4 is 20.1 Å². The highest BCUT2D eigenvalue weighted by Crippen LogP contribution is 2.34. The van der Waals surface area contributed by atoms with Crippen LogP contribution in [-0.4, -0.2) is 70.2 Å². The van der Waals surface area contributed by atoms with E-state index in [1.807, 2.05) is 13.8 Å². The summed E-state index contributed by atoms with van der Waals surface area (Å²) in [4.78, 5) is 23.9. The zero-order valence-electron chi connectivity index (χ0n) is 17.0. The molecule has 0 aliphatic carbocycles. The molecule has 0 radical (unpaired) electrons. The molecule has 11 heteroatoms. The molecule has 2 amide bonds. The Labute approximate surface area is 175 Å². The molecule has 166 valence electrons. The summed E-state index contributed by atoms with van der Waals surface area (Å²) in [6, 6.07) is 4.43. The number of hydrogen-bond acceptors (Lipinski definition) is 7. The van der Waals surface area contributed by atoms with Gasteiger partial charge < -0.3 is 24.8 Å². The normalized spacial score (nSPS) is 19.4. The summed E-state index contributed by atoms with van der Waals surface area (Å²) in [5, 5.41) is 4.97. The summed E-state index contributed by atoms with van der Waals surface area (Å²) < 4.78 is 44.1. The molecule has 0 spiro atoms. The Morgan fingerprint density at radius 3 is 2.53 bits per heavy atom. The smallest absolute Gasteiger partial charge is 0.309 e. The molecule has 3 rings (SSSR count). The van der Waals surface area contributed by atoms with Crippen molar-refractivity contribution in [3.8, 4) is 11.5 Å². The summed E-state index contributed by atoms with van der Waals surface area (Å²) >= 11 is 0. The van der Waals surface area contributed by atoms with E-state index in [0.29, 0.717) is 44.3 Å². The minimum Gasteiger partial charge on any atom is -0.486 e. The van der Waals surface area contributed by atoms with Gasteiger partial charge >= 0.3 is 11.8 Å². The van der Waals surface area contributed by atoms with E-state index in [9.17, 15) is 18.0 Å². The first-order chi connectivity index (χ1) is 14.3. The minimum atomic E-state index is -3.91. The van der Waals surface area contributed by atoms with Gasteiger partial charge in [0.15, 0.2) is 11.5 Å². The SMILES string of the molecule is CC(C)CNC(=O)C(=O)NC[C@H]1OCCCN1S(=O)(=O)c1ccc2c(c1)OCCO2. The molecule has 2 heterocycles. The van der Waals surface area contributed by atoms with Crippen LogP contribution >= 0.6 is 0 Å². The van der Waals surface area contributed by atoms with Gasteiger partial charge in [0, 0.05) is 19.2 Å². The predicted molar refractivity (Wildman–Crippen MR) is 107 cm³/mol. The summed E-state index contributed by atoms with van der Waals surface area (Å²) in [5.41, 5.74) is 0. The van der Waals surface area contributed by atoms with E-state index in [0.717, 1.165) is 0 Å². The fourth-order valence-electron chi connectivity index (χ4n) is 3.06. The first kappa shape index (κ1) is 22.3. The van der Waals surface area contributed by atoms with Crippen molar-refractivity contribution in [2.24, 2.45) is 5.92 Å². The number of carbonyl (C=O) groups excluding carboxylic acids is 2. The van der Waals surface area contributed by atoms with Gasteiger partial charge in [-0.3, -0.25) is 9.59 Å². The molecule has 0 saturated carbocycles. The van der Waals surface area contributed by atoms with Crippen LogP contribution in [0.1, 0.15) is 20.3 Å². The topological polar surface area (TPSA) is 123 Å². The average Bonchev–Trinajstić information content (AvgIpc) is 2.75. The number of benzene rings is 1. The molecule has 1 fully saturated rings. The highest BCUT2D eigenvalue weighted by molar-refractivity contribution is 7.89. The average molecular weight is 442 g/mol. The molecule has 0 unspecified atom stereocenters. The molecule has 2 N–H and O–H groups in total. The Morgan fingerprint density at radius 2 is 1.80 bits per heavy atom. The number of fused-ring (bicyclic) bond motifs is 1. The summed E-state index contributed by atoms with van der Waals surface area (Å²) in [6.07, 6.45) is -0.401. The van der Waals surface area contributed by atoms with Gasteiger partial charge in [0.05, 0.1) is 18.0 Å². The summed E-state index contributed by atoms with van der Waals surface area (Å²) in [7, 11) is -3.91. The lowest BCUT2D eigenvalue weighted by Gasteiger charge is -2.34. The van der Waals surface area contributed by atoms with Crippen molar-refractivity contribution in [2.45, 2.75) is 31.4 Å². The third kappa shape index (κ3) is 5.21. The molecule has 1 aromatic carbocycles. The molecule has 10 nitrogen and oxygen atoms in total. The summed E-state index contributed by atoms with van der Waals surface area (Å²) in [6.45, 7) is 5.39. The fraction of sp³-hybridized carbons (Fsp3) is 0.579. The molecule has 0 aromatic heterocycles. The number of amides is 2. The van der Waals surface area contributed by atoms with Crippen molar-refractivity contribution in [1.82, 2.24) is 14.9 Å². The number of rotatable bonds is 6. The lowest BCUT2D eigenvalue weighted by atomic mass is 10.2. The number of sulfonamides is 1. The molecular formula is C19H27N3O7S. The van der Waals surface area contributed by atoms with E-state index in [1.165, 1.54) is 16.4 Å². The minimum absolute atomic E-state index is 0.0447. The maximum Gasteiger partial charge on any atom is 0.309 e. The van der Waals surface area contributed by atoms with E-state index in [4.69, 9.17) is 14.2 Å². The van der Waals surface area contributed by atoms with Crippen LogP contribution in [0.25, 0.3) is 0 Å². The van der Waals surface area contributed by atoms with Crippen LogP contribution in [0.3, 0.4) is 0 Å². The van der Waals surface area contributed by atoms with Crippen LogP contribution in [0, 0.1) is 5.92 Å². The largest absolute Gasteiger partial charge is 0.486 e. The van der Waals surface area contributed by atoms with Gasteiger partial charge in [-0.05, 0) is 24.5 Å². The second kappa shape index (κ2) is 9.63. The monoisotopic (exact) mass is 441 g/mol. The number of hydrogen-bond donors (Lipinski definition) is 2. The molecular weight excluding hydrogens is 414 g/mol. The van der Waals surface area contributed by atoms with Crippen molar-refractivity contribution < 1.29 is 32.2 Å². The van der Waals surface area contributed by atoms with Crippen LogP contribution in [0.4, 0.5) is 0 Å². The molecule has 1 aromatic rings. The third-order valence-corrected chi connectivity index (χ3v) is 6.47. The number of nitrogens with zero attached hydrogens (tertiary/aromatic N) is 1. The van der Waals surface area contributed by atoms with E-state index in [2.05, 4.69) is 10.6 Å². The Kier molecular flexibility index (Phi) is 7.16. The van der Waals surface area contributed by atoms with Gasteiger partial charge in [-0.25, -0.2) is 8.42 Å². The van der Waals surface area contributed by atoms with Gasteiger partial charge in [-0.15, -0.1) is 0 Å². The molecule has 30 heavy (non-hydrogen) atoms. The van der Waals surface area contributed by atoms with Crippen molar-refractivity contribution >= 4 is 21.8 Å². The Hall–Kier alpha value is -2.37. The maximum atomic E-state index is 13.2. The summed E-state index contributed by atoms with van der Waals surface area (Å²) in [5.74, 6) is -0.532. The number of carbonyl (C=O) groups is 2. The molecule has 1 atom stereocenters. The second-order valence-electron chi connectivity index (χ2n) is 7.41. The van der Waals surface area contributed by atoms with E-state index in [-0.39, 0.29) is 23.9 Å². The van der Waals surface area contributed by atoms with E-state index < -0.39 is 28.1 Å². The van der Waals surface area contributed by atoms with Crippen LogP contribution in [-0.2, 0) is 24.3 Å². The van der Waals surface area contributed by atoms with Gasteiger partial charge in [-0.2, -0.15) is 4.31 Å². The van der Waals surface area contributed by atoms with Gasteiger partial charge in [0.25, 0.3) is 0 Å². The van der Waals surface area contributed by atoms with E-state index >= 15 is 0 Å². The highest BCUT2D eigenvalue weighted by Gasteiger charge is 2.35. The van der Waals surface area contributed by atoms with Crippen molar-refractivity contribution in [1.29, 1.82) is 0 Å². The molecule has 2 aliphatic heterocycles. The first-order valence-electron chi connectivity index (χ1n) is 9.88. The van der Waals surface area contributed by atoms with Crippen molar-refractivity contribution in [2.75, 3.05) is 39.5 Å². The first-order valence-corrected chi connectivity index (χ1v) is 11.3. The standard InChI is InChI=1S/C19H27N3O7S/c1-13(2)11-20-18(23)19(24)21-12-17-22(6-3-7-29-17)30(25,26)14-4-5-15-16(10-14)28-9-8-27-15/h4-5,10,13,17H,3,6-9,11-12H2,1-2H3,(H,20,23)(H,21,24)/t17-/m1/s1. The Balaban J connectivity index is 1.69. The van der Waals surface area contributed by atoms with Crippen molar-refractivity contribution in [3.05, 3.63) is 18.2 Å². The lowest BCUT2D eigenvalue weighted by Crippen LogP contribution is -2.53. The van der Waals surface area contributed by atoms with E-state index in [1.54, 1.807) is 6.07 Å². The predicted octanol–water partition coefficient (Wildman–Crippen LogP) is 0.0833. The van der Waals surface area contributed by atoms with Gasteiger partial charge in [0.2, 0.25) is 10.0 Å². The number of ether oxygens (including phenoxy) is 3. The molecule has 1 saturated heterocycles. The van der Waals surface area contributed by atoms with Gasteiger partial charge in [-0.1, -0.05) is 13.8 Å². The Bertz CT molecular complexity index is 888. The second-order valence-corrected chi connectivity index (χ2v) is 9.30. The lowest BCUT2D eigenvalue weighted by molar-refractivity contribution is -0.140. The van der Waals surface area contributed by atoms with Crippen molar-refractivity contribution in [3.63, 3.8) is 0 Å². The zero-order valence-corrected chi connectivity index (χ0v) is 17.9. The zero-order chi connectivity index (χ0) is 21.7. The third-order valence-electron chi connectivity index (χ3n) is 4.59. The Morgan fingerprint density at radius 1 is 1.10 bits per heavy atom. The van der Waals surface area contributed by atoms with Crippen LogP contribution in [0.5, 0.6) is 11.5 Å². The highest BCUT2D eigenvalue weighted by atomic mass is 32.2. The fourth-order valence-corrected chi connectivity index (χ4v) is 4.64.